The minimum absolute atomic E-state index is 0.302. The van der Waals surface area contributed by atoms with Crippen molar-refractivity contribution in [3.8, 4) is 11.3 Å². The van der Waals surface area contributed by atoms with E-state index in [4.69, 9.17) is 5.11 Å². The molecule has 2 N–H and O–H groups in total. The summed E-state index contributed by atoms with van der Waals surface area (Å²) in [5, 5.41) is 17.0. The first kappa shape index (κ1) is 11.5. The van der Waals surface area contributed by atoms with Crippen molar-refractivity contribution >= 4 is 16.9 Å². The average molecular weight is 255 g/mol. The summed E-state index contributed by atoms with van der Waals surface area (Å²) in [6.07, 6.45) is 3.72. The number of hydrogen-bond acceptors (Lipinski definition) is 2. The van der Waals surface area contributed by atoms with Gasteiger partial charge < -0.3 is 9.67 Å². The Morgan fingerprint density at radius 1 is 1.42 bits per heavy atom. The molecule has 0 aliphatic heterocycles. The molecule has 5 heteroatoms. The summed E-state index contributed by atoms with van der Waals surface area (Å²) in [6.45, 7) is 2.82. The summed E-state index contributed by atoms with van der Waals surface area (Å²) in [5.41, 5.74) is 3.19. The average Bonchev–Trinajstić information content (AvgIpc) is 3.04. The standard InChI is InChI=1S/C14H13N3O2/c1-2-17-8-11(12-5-6-15-16-12)10-4-3-9(14(18)19)7-13(10)17/h3-8H,2H2,1H3,(H,15,16)(H,18,19). The van der Waals surface area contributed by atoms with Crippen LogP contribution in [0, 0.1) is 0 Å². The molecule has 96 valence electrons. The number of carboxylic acid groups (broad SMARTS) is 1. The molecule has 0 bridgehead atoms. The van der Waals surface area contributed by atoms with Crippen LogP contribution in [0.3, 0.4) is 0 Å². The molecule has 1 aromatic carbocycles. The number of aromatic nitrogens is 3. The first-order valence-corrected chi connectivity index (χ1v) is 6.06. The van der Waals surface area contributed by atoms with Crippen molar-refractivity contribution in [1.82, 2.24) is 14.8 Å². The molecular formula is C14H13N3O2. The van der Waals surface area contributed by atoms with Crippen molar-refractivity contribution in [2.24, 2.45) is 0 Å². The second kappa shape index (κ2) is 4.28. The summed E-state index contributed by atoms with van der Waals surface area (Å²) in [5.74, 6) is -0.908. The van der Waals surface area contributed by atoms with E-state index < -0.39 is 5.97 Å². The van der Waals surface area contributed by atoms with Gasteiger partial charge in [-0.25, -0.2) is 4.79 Å². The molecule has 2 heterocycles. The molecule has 5 nitrogen and oxygen atoms in total. The maximum absolute atomic E-state index is 11.1. The molecule has 0 saturated carbocycles. The Hall–Kier alpha value is -2.56. The molecule has 19 heavy (non-hydrogen) atoms. The number of benzene rings is 1. The van der Waals surface area contributed by atoms with E-state index in [2.05, 4.69) is 10.2 Å². The van der Waals surface area contributed by atoms with Crippen molar-refractivity contribution in [2.45, 2.75) is 13.5 Å². The Morgan fingerprint density at radius 3 is 2.89 bits per heavy atom. The first-order valence-electron chi connectivity index (χ1n) is 6.06. The summed E-state index contributed by atoms with van der Waals surface area (Å²) in [6, 6.07) is 7.09. The Kier molecular flexibility index (Phi) is 2.59. The first-order chi connectivity index (χ1) is 9.20. The van der Waals surface area contributed by atoms with E-state index in [0.717, 1.165) is 28.7 Å². The number of aromatic carboxylic acids is 1. The van der Waals surface area contributed by atoms with Crippen molar-refractivity contribution in [3.05, 3.63) is 42.2 Å². The molecule has 0 spiro atoms. The zero-order valence-corrected chi connectivity index (χ0v) is 10.4. The van der Waals surface area contributed by atoms with Gasteiger partial charge in [0, 0.05) is 35.4 Å². The molecule has 0 amide bonds. The number of fused-ring (bicyclic) bond motifs is 1. The number of carboxylic acids is 1. The topological polar surface area (TPSA) is 70.9 Å². The summed E-state index contributed by atoms with van der Waals surface area (Å²) in [7, 11) is 0. The van der Waals surface area contributed by atoms with E-state index in [0.29, 0.717) is 5.56 Å². The van der Waals surface area contributed by atoms with Crippen molar-refractivity contribution in [3.63, 3.8) is 0 Å². The van der Waals surface area contributed by atoms with Gasteiger partial charge in [-0.2, -0.15) is 5.10 Å². The summed E-state index contributed by atoms with van der Waals surface area (Å²) < 4.78 is 2.04. The van der Waals surface area contributed by atoms with Gasteiger partial charge in [0.05, 0.1) is 11.3 Å². The van der Waals surface area contributed by atoms with E-state index in [9.17, 15) is 4.79 Å². The molecule has 3 rings (SSSR count). The Morgan fingerprint density at radius 2 is 2.26 bits per heavy atom. The fraction of sp³-hybridized carbons (Fsp3) is 0.143. The number of carbonyl (C=O) groups is 1. The molecule has 3 aromatic rings. The van der Waals surface area contributed by atoms with Gasteiger partial charge in [0.25, 0.3) is 0 Å². The van der Waals surface area contributed by atoms with Gasteiger partial charge in [-0.3, -0.25) is 5.10 Å². The predicted molar refractivity (Wildman–Crippen MR) is 72.2 cm³/mol. The lowest BCUT2D eigenvalue weighted by molar-refractivity contribution is 0.0697. The van der Waals surface area contributed by atoms with Gasteiger partial charge in [-0.1, -0.05) is 6.07 Å². The molecule has 2 aromatic heterocycles. The number of aryl methyl sites for hydroxylation is 1. The van der Waals surface area contributed by atoms with Crippen molar-refractivity contribution in [2.75, 3.05) is 0 Å². The zero-order chi connectivity index (χ0) is 13.4. The van der Waals surface area contributed by atoms with Gasteiger partial charge in [-0.05, 0) is 25.1 Å². The van der Waals surface area contributed by atoms with E-state index in [1.807, 2.05) is 29.8 Å². The predicted octanol–water partition coefficient (Wildman–Crippen LogP) is 2.75. The van der Waals surface area contributed by atoms with Gasteiger partial charge in [0.2, 0.25) is 0 Å². The van der Waals surface area contributed by atoms with Gasteiger partial charge in [0.15, 0.2) is 0 Å². The Labute approximate surface area is 109 Å². The highest BCUT2D eigenvalue weighted by Gasteiger charge is 2.13. The highest BCUT2D eigenvalue weighted by molar-refractivity contribution is 5.99. The quantitative estimate of drug-likeness (QED) is 0.756. The minimum Gasteiger partial charge on any atom is -0.478 e. The zero-order valence-electron chi connectivity index (χ0n) is 10.4. The lowest BCUT2D eigenvalue weighted by Gasteiger charge is -2.01. The van der Waals surface area contributed by atoms with Crippen LogP contribution in [0.1, 0.15) is 17.3 Å². The van der Waals surface area contributed by atoms with Crippen LogP contribution in [-0.2, 0) is 6.54 Å². The van der Waals surface area contributed by atoms with Crippen LogP contribution >= 0.6 is 0 Å². The van der Waals surface area contributed by atoms with Crippen LogP contribution in [0.5, 0.6) is 0 Å². The van der Waals surface area contributed by atoms with Crippen LogP contribution in [0.25, 0.3) is 22.2 Å². The molecule has 0 radical (unpaired) electrons. The molecule has 0 aliphatic rings. The monoisotopic (exact) mass is 255 g/mol. The van der Waals surface area contributed by atoms with E-state index in [1.54, 1.807) is 18.3 Å². The maximum Gasteiger partial charge on any atom is 0.335 e. The second-order valence-corrected chi connectivity index (χ2v) is 4.34. The SMILES string of the molecule is CCn1cc(-c2ccn[nH]2)c2ccc(C(=O)O)cc21. The van der Waals surface area contributed by atoms with Crippen LogP contribution in [0.4, 0.5) is 0 Å². The minimum atomic E-state index is -0.908. The van der Waals surface area contributed by atoms with E-state index in [1.165, 1.54) is 0 Å². The summed E-state index contributed by atoms with van der Waals surface area (Å²) in [4.78, 5) is 11.1. The molecular weight excluding hydrogens is 242 g/mol. The highest BCUT2D eigenvalue weighted by atomic mass is 16.4. The number of nitrogens with one attached hydrogen (secondary N) is 1. The number of aromatic amines is 1. The third kappa shape index (κ3) is 1.79. The fourth-order valence-electron chi connectivity index (χ4n) is 2.31. The smallest absolute Gasteiger partial charge is 0.335 e. The second-order valence-electron chi connectivity index (χ2n) is 4.34. The molecule has 0 saturated heterocycles. The lowest BCUT2D eigenvalue weighted by Crippen LogP contribution is -1.97. The number of nitrogens with zero attached hydrogens (tertiary/aromatic N) is 2. The van der Waals surface area contributed by atoms with Crippen LogP contribution in [-0.4, -0.2) is 25.8 Å². The molecule has 0 unspecified atom stereocenters. The van der Waals surface area contributed by atoms with Crippen LogP contribution in [0.15, 0.2) is 36.7 Å². The molecule has 0 fully saturated rings. The number of hydrogen-bond donors (Lipinski definition) is 2. The van der Waals surface area contributed by atoms with Crippen molar-refractivity contribution < 1.29 is 9.90 Å². The van der Waals surface area contributed by atoms with Crippen molar-refractivity contribution in [1.29, 1.82) is 0 Å². The third-order valence-electron chi connectivity index (χ3n) is 3.26. The normalized spacial score (nSPS) is 11.0. The molecule has 0 atom stereocenters. The Balaban J connectivity index is 2.29. The highest BCUT2D eigenvalue weighted by Crippen LogP contribution is 2.30. The lowest BCUT2D eigenvalue weighted by atomic mass is 10.1. The van der Waals surface area contributed by atoms with E-state index in [-0.39, 0.29) is 0 Å². The Bertz CT molecular complexity index is 741. The molecule has 0 aliphatic carbocycles. The van der Waals surface area contributed by atoms with Crippen LogP contribution in [0.2, 0.25) is 0 Å². The van der Waals surface area contributed by atoms with Gasteiger partial charge >= 0.3 is 5.97 Å². The van der Waals surface area contributed by atoms with E-state index >= 15 is 0 Å². The third-order valence-corrected chi connectivity index (χ3v) is 3.26. The fourth-order valence-corrected chi connectivity index (χ4v) is 2.31. The summed E-state index contributed by atoms with van der Waals surface area (Å²) >= 11 is 0. The maximum atomic E-state index is 11.1. The van der Waals surface area contributed by atoms with Gasteiger partial charge in [-0.15, -0.1) is 0 Å². The largest absolute Gasteiger partial charge is 0.478 e. The van der Waals surface area contributed by atoms with Crippen LogP contribution < -0.4 is 0 Å². The van der Waals surface area contributed by atoms with Gasteiger partial charge in [0.1, 0.15) is 0 Å². The number of H-pyrrole nitrogens is 1. The number of rotatable bonds is 3.